The predicted molar refractivity (Wildman–Crippen MR) is 61.7 cm³/mol. The first-order chi connectivity index (χ1) is 7.52. The summed E-state index contributed by atoms with van der Waals surface area (Å²) in [5, 5.41) is 2.62. The third-order valence-electron chi connectivity index (χ3n) is 2.49. The highest BCUT2D eigenvalue weighted by Gasteiger charge is 2.18. The predicted octanol–water partition coefficient (Wildman–Crippen LogP) is 0.429. The van der Waals surface area contributed by atoms with E-state index in [0.717, 1.165) is 6.42 Å². The fourth-order valence-corrected chi connectivity index (χ4v) is 1.15. The molecule has 94 valence electrons. The number of amides is 1. The zero-order chi connectivity index (χ0) is 12.6. The summed E-state index contributed by atoms with van der Waals surface area (Å²) < 4.78 is 4.73. The van der Waals surface area contributed by atoms with Gasteiger partial charge in [-0.25, -0.2) is 0 Å². The van der Waals surface area contributed by atoms with Crippen LogP contribution >= 0.6 is 0 Å². The van der Waals surface area contributed by atoms with Gasteiger partial charge in [0.2, 0.25) is 5.91 Å². The molecule has 16 heavy (non-hydrogen) atoms. The molecular formula is C11H22N2O3. The van der Waals surface area contributed by atoms with Gasteiger partial charge in [0.25, 0.3) is 0 Å². The summed E-state index contributed by atoms with van der Waals surface area (Å²) >= 11 is 0. The second kappa shape index (κ2) is 8.10. The molecule has 0 bridgehead atoms. The van der Waals surface area contributed by atoms with Gasteiger partial charge in [0.05, 0.1) is 19.1 Å². The lowest BCUT2D eigenvalue weighted by Crippen LogP contribution is -2.45. The average Bonchev–Trinajstić information content (AvgIpc) is 2.27. The lowest BCUT2D eigenvalue weighted by molar-refractivity contribution is -0.143. The van der Waals surface area contributed by atoms with Crippen LogP contribution in [0.1, 0.15) is 33.6 Å². The summed E-state index contributed by atoms with van der Waals surface area (Å²) in [5.41, 5.74) is 5.72. The van der Waals surface area contributed by atoms with Crippen LogP contribution in [0, 0.1) is 5.92 Å². The number of hydrogen-bond donors (Lipinski definition) is 2. The minimum Gasteiger partial charge on any atom is -0.466 e. The Hall–Kier alpha value is -1.10. The molecule has 0 fully saturated rings. The number of hydrogen-bond acceptors (Lipinski definition) is 4. The molecule has 0 saturated carbocycles. The van der Waals surface area contributed by atoms with Gasteiger partial charge in [0, 0.05) is 6.54 Å². The molecule has 1 unspecified atom stereocenters. The van der Waals surface area contributed by atoms with E-state index in [1.54, 1.807) is 6.92 Å². The molecule has 1 amide bonds. The van der Waals surface area contributed by atoms with Gasteiger partial charge < -0.3 is 15.8 Å². The minimum atomic E-state index is -0.507. The molecule has 5 nitrogen and oxygen atoms in total. The Morgan fingerprint density at radius 2 is 2.00 bits per heavy atom. The second-order valence-corrected chi connectivity index (χ2v) is 3.76. The van der Waals surface area contributed by atoms with Crippen LogP contribution in [-0.2, 0) is 14.3 Å². The van der Waals surface area contributed by atoms with Crippen LogP contribution in [0.2, 0.25) is 0 Å². The third-order valence-corrected chi connectivity index (χ3v) is 2.49. The van der Waals surface area contributed by atoms with E-state index in [2.05, 4.69) is 5.32 Å². The van der Waals surface area contributed by atoms with Gasteiger partial charge in [-0.2, -0.15) is 0 Å². The number of ether oxygens (including phenoxy) is 1. The summed E-state index contributed by atoms with van der Waals surface area (Å²) in [6.45, 7) is 6.29. The topological polar surface area (TPSA) is 81.4 Å². The molecule has 0 heterocycles. The fraction of sp³-hybridized carbons (Fsp3) is 0.818. The standard InChI is InChI=1S/C11H22N2O3/c1-4-8(3)10(12)11(15)13-7-6-9(14)16-5-2/h8,10H,4-7,12H2,1-3H3,(H,13,15)/t8?,10-/m1/s1. The van der Waals surface area contributed by atoms with Gasteiger partial charge >= 0.3 is 5.97 Å². The molecule has 0 radical (unpaired) electrons. The highest BCUT2D eigenvalue weighted by atomic mass is 16.5. The minimum absolute atomic E-state index is 0.141. The molecule has 5 heteroatoms. The van der Waals surface area contributed by atoms with Crippen molar-refractivity contribution in [2.45, 2.75) is 39.7 Å². The van der Waals surface area contributed by atoms with Crippen molar-refractivity contribution in [1.82, 2.24) is 5.32 Å². The van der Waals surface area contributed by atoms with Crippen molar-refractivity contribution >= 4 is 11.9 Å². The van der Waals surface area contributed by atoms with Crippen molar-refractivity contribution in [1.29, 1.82) is 0 Å². The largest absolute Gasteiger partial charge is 0.466 e. The zero-order valence-electron chi connectivity index (χ0n) is 10.3. The summed E-state index contributed by atoms with van der Waals surface area (Å²) in [5.74, 6) is -0.374. The first-order valence-electron chi connectivity index (χ1n) is 5.71. The van der Waals surface area contributed by atoms with Crippen LogP contribution in [-0.4, -0.2) is 31.1 Å². The molecule has 0 aromatic rings. The number of carbonyl (C=O) groups is 2. The smallest absolute Gasteiger partial charge is 0.307 e. The Bertz CT molecular complexity index is 231. The molecule has 0 aliphatic rings. The highest BCUT2D eigenvalue weighted by molar-refractivity contribution is 5.82. The van der Waals surface area contributed by atoms with E-state index in [1.165, 1.54) is 0 Å². The van der Waals surface area contributed by atoms with E-state index in [0.29, 0.717) is 6.61 Å². The monoisotopic (exact) mass is 230 g/mol. The first-order valence-corrected chi connectivity index (χ1v) is 5.71. The van der Waals surface area contributed by atoms with E-state index in [-0.39, 0.29) is 30.8 Å². The Balaban J connectivity index is 3.77. The van der Waals surface area contributed by atoms with Crippen molar-refractivity contribution in [3.63, 3.8) is 0 Å². The molecule has 0 saturated heterocycles. The summed E-state index contributed by atoms with van der Waals surface area (Å²) in [6, 6.07) is -0.507. The Kier molecular flexibility index (Phi) is 7.54. The maximum absolute atomic E-state index is 11.5. The van der Waals surface area contributed by atoms with Crippen molar-refractivity contribution in [2.24, 2.45) is 11.7 Å². The fourth-order valence-electron chi connectivity index (χ4n) is 1.15. The molecule has 2 atom stereocenters. The zero-order valence-corrected chi connectivity index (χ0v) is 10.3. The van der Waals surface area contributed by atoms with Gasteiger partial charge in [-0.3, -0.25) is 9.59 Å². The van der Waals surface area contributed by atoms with E-state index in [4.69, 9.17) is 10.5 Å². The molecule has 3 N–H and O–H groups in total. The average molecular weight is 230 g/mol. The van der Waals surface area contributed by atoms with Crippen LogP contribution in [0.4, 0.5) is 0 Å². The summed E-state index contributed by atoms with van der Waals surface area (Å²) in [4.78, 5) is 22.5. The number of rotatable bonds is 7. The second-order valence-electron chi connectivity index (χ2n) is 3.76. The van der Waals surface area contributed by atoms with Crippen molar-refractivity contribution in [2.75, 3.05) is 13.2 Å². The molecule has 0 aliphatic heterocycles. The van der Waals surface area contributed by atoms with Gasteiger partial charge in [-0.15, -0.1) is 0 Å². The SMILES string of the molecule is CCOC(=O)CCNC(=O)[C@H](N)C(C)CC. The number of nitrogens with two attached hydrogens (primary N) is 1. The molecule has 0 rings (SSSR count). The Labute approximate surface area is 96.7 Å². The number of esters is 1. The van der Waals surface area contributed by atoms with Gasteiger partial charge in [-0.1, -0.05) is 20.3 Å². The maximum atomic E-state index is 11.5. The van der Waals surface area contributed by atoms with Crippen LogP contribution in [0.25, 0.3) is 0 Å². The van der Waals surface area contributed by atoms with Gasteiger partial charge in [-0.05, 0) is 12.8 Å². The van der Waals surface area contributed by atoms with Crippen LogP contribution in [0.15, 0.2) is 0 Å². The molecule has 0 spiro atoms. The summed E-state index contributed by atoms with van der Waals surface area (Å²) in [6.07, 6.45) is 1.04. The number of nitrogens with one attached hydrogen (secondary N) is 1. The molecule has 0 aliphatic carbocycles. The van der Waals surface area contributed by atoms with Crippen molar-refractivity contribution in [3.05, 3.63) is 0 Å². The summed E-state index contributed by atoms with van der Waals surface area (Å²) in [7, 11) is 0. The first kappa shape index (κ1) is 14.9. The van der Waals surface area contributed by atoms with Crippen molar-refractivity contribution < 1.29 is 14.3 Å². The van der Waals surface area contributed by atoms with Gasteiger partial charge in [0.1, 0.15) is 0 Å². The highest BCUT2D eigenvalue weighted by Crippen LogP contribution is 2.04. The van der Waals surface area contributed by atoms with Crippen LogP contribution in [0.3, 0.4) is 0 Å². The molecule has 0 aromatic carbocycles. The van der Waals surface area contributed by atoms with Crippen LogP contribution < -0.4 is 11.1 Å². The third kappa shape index (κ3) is 5.70. The molecule has 0 aromatic heterocycles. The molecular weight excluding hydrogens is 208 g/mol. The Morgan fingerprint density at radius 3 is 2.50 bits per heavy atom. The van der Waals surface area contributed by atoms with E-state index < -0.39 is 6.04 Å². The maximum Gasteiger partial charge on any atom is 0.307 e. The van der Waals surface area contributed by atoms with Crippen LogP contribution in [0.5, 0.6) is 0 Å². The van der Waals surface area contributed by atoms with E-state index >= 15 is 0 Å². The lowest BCUT2D eigenvalue weighted by Gasteiger charge is -2.17. The number of carbonyl (C=O) groups excluding carboxylic acids is 2. The van der Waals surface area contributed by atoms with E-state index in [9.17, 15) is 9.59 Å². The Morgan fingerprint density at radius 1 is 1.38 bits per heavy atom. The normalized spacial score (nSPS) is 14.0. The lowest BCUT2D eigenvalue weighted by atomic mass is 9.99. The van der Waals surface area contributed by atoms with Gasteiger partial charge in [0.15, 0.2) is 0 Å². The van der Waals surface area contributed by atoms with Crippen molar-refractivity contribution in [3.8, 4) is 0 Å². The quantitative estimate of drug-likeness (QED) is 0.621. The van der Waals surface area contributed by atoms with E-state index in [1.807, 2.05) is 13.8 Å².